The Hall–Kier alpha value is -1.06. The first-order valence-corrected chi connectivity index (χ1v) is 11.8. The second-order valence-corrected chi connectivity index (χ2v) is 8.47. The molecule has 0 aromatic heterocycles. The standard InChI is InChI=1S/C24H40N4O2.HI/c1-3-25-23(27-20-24(11-5-6-12-24)13-16-29-4-2)26-19-21-7-9-22(10-8-21)28-14-17-30-18-15-28;/h7-10H,3-6,11-20H2,1-2H3,(H2,25,26,27);1H. The zero-order chi connectivity index (χ0) is 21.1. The van der Waals surface area contributed by atoms with Crippen LogP contribution in [0.3, 0.4) is 0 Å². The molecule has 0 radical (unpaired) electrons. The quantitative estimate of drug-likeness (QED) is 0.200. The number of hydrogen-bond donors (Lipinski definition) is 2. The molecule has 6 nitrogen and oxygen atoms in total. The van der Waals surface area contributed by atoms with Crippen LogP contribution in [0.15, 0.2) is 29.3 Å². The Balaban J connectivity index is 0.00000341. The molecular formula is C24H41IN4O2. The molecule has 2 fully saturated rings. The molecule has 1 aliphatic carbocycles. The lowest BCUT2D eigenvalue weighted by Crippen LogP contribution is -2.43. The van der Waals surface area contributed by atoms with Crippen LogP contribution in [0.4, 0.5) is 5.69 Å². The highest BCUT2D eigenvalue weighted by molar-refractivity contribution is 14.0. The van der Waals surface area contributed by atoms with Crippen LogP contribution in [0, 0.1) is 5.41 Å². The number of ether oxygens (including phenoxy) is 2. The van der Waals surface area contributed by atoms with Gasteiger partial charge in [-0.1, -0.05) is 25.0 Å². The Morgan fingerprint density at radius 2 is 1.81 bits per heavy atom. The minimum atomic E-state index is 0. The number of morpholine rings is 1. The predicted molar refractivity (Wildman–Crippen MR) is 140 cm³/mol. The van der Waals surface area contributed by atoms with Crippen molar-refractivity contribution >= 4 is 35.6 Å². The summed E-state index contributed by atoms with van der Waals surface area (Å²) >= 11 is 0. The van der Waals surface area contributed by atoms with E-state index in [0.717, 1.165) is 65.0 Å². The Morgan fingerprint density at radius 3 is 2.45 bits per heavy atom. The molecule has 1 saturated carbocycles. The molecule has 1 aliphatic heterocycles. The first-order valence-electron chi connectivity index (χ1n) is 11.8. The summed E-state index contributed by atoms with van der Waals surface area (Å²) in [5.41, 5.74) is 2.86. The fourth-order valence-corrected chi connectivity index (χ4v) is 4.49. The van der Waals surface area contributed by atoms with Gasteiger partial charge >= 0.3 is 0 Å². The van der Waals surface area contributed by atoms with Gasteiger partial charge in [-0.2, -0.15) is 0 Å². The van der Waals surface area contributed by atoms with E-state index in [1.807, 2.05) is 0 Å². The molecule has 176 valence electrons. The van der Waals surface area contributed by atoms with Crippen LogP contribution in [-0.4, -0.2) is 58.6 Å². The van der Waals surface area contributed by atoms with Crippen molar-refractivity contribution < 1.29 is 9.47 Å². The zero-order valence-electron chi connectivity index (χ0n) is 19.3. The number of guanidine groups is 1. The normalized spacial score (nSPS) is 18.5. The summed E-state index contributed by atoms with van der Waals surface area (Å²) in [6.07, 6.45) is 6.37. The Kier molecular flexibility index (Phi) is 12.0. The van der Waals surface area contributed by atoms with Crippen molar-refractivity contribution in [1.29, 1.82) is 0 Å². The number of hydrogen-bond acceptors (Lipinski definition) is 4. The maximum Gasteiger partial charge on any atom is 0.191 e. The molecule has 1 saturated heterocycles. The highest BCUT2D eigenvalue weighted by atomic mass is 127. The van der Waals surface area contributed by atoms with Crippen molar-refractivity contribution in [3.63, 3.8) is 0 Å². The van der Waals surface area contributed by atoms with Crippen LogP contribution < -0.4 is 15.5 Å². The van der Waals surface area contributed by atoms with E-state index in [-0.39, 0.29) is 24.0 Å². The van der Waals surface area contributed by atoms with Crippen molar-refractivity contribution in [2.45, 2.75) is 52.5 Å². The molecule has 0 atom stereocenters. The fraction of sp³-hybridized carbons (Fsp3) is 0.708. The largest absolute Gasteiger partial charge is 0.382 e. The third kappa shape index (κ3) is 8.42. The number of rotatable bonds is 10. The van der Waals surface area contributed by atoms with Crippen molar-refractivity contribution in [2.75, 3.05) is 57.5 Å². The fourth-order valence-electron chi connectivity index (χ4n) is 4.49. The monoisotopic (exact) mass is 544 g/mol. The lowest BCUT2D eigenvalue weighted by atomic mass is 9.83. The lowest BCUT2D eigenvalue weighted by Gasteiger charge is -2.30. The van der Waals surface area contributed by atoms with Gasteiger partial charge in [0.25, 0.3) is 0 Å². The van der Waals surface area contributed by atoms with Gasteiger partial charge < -0.3 is 25.0 Å². The lowest BCUT2D eigenvalue weighted by molar-refractivity contribution is 0.105. The van der Waals surface area contributed by atoms with Gasteiger partial charge in [0.15, 0.2) is 5.96 Å². The molecule has 0 unspecified atom stereocenters. The summed E-state index contributed by atoms with van der Waals surface area (Å²) in [6.45, 7) is 12.0. The first kappa shape index (κ1) is 26.2. The van der Waals surface area contributed by atoms with Gasteiger partial charge in [-0.15, -0.1) is 24.0 Å². The van der Waals surface area contributed by atoms with Crippen LogP contribution in [0.5, 0.6) is 0 Å². The molecule has 3 rings (SSSR count). The molecule has 7 heteroatoms. The molecule has 0 spiro atoms. The van der Waals surface area contributed by atoms with Gasteiger partial charge in [-0.05, 0) is 56.2 Å². The second-order valence-electron chi connectivity index (χ2n) is 8.47. The molecule has 31 heavy (non-hydrogen) atoms. The average molecular weight is 545 g/mol. The van der Waals surface area contributed by atoms with E-state index in [4.69, 9.17) is 14.5 Å². The highest BCUT2D eigenvalue weighted by Gasteiger charge is 2.33. The number of anilines is 1. The summed E-state index contributed by atoms with van der Waals surface area (Å²) in [5.74, 6) is 0.914. The Labute approximate surface area is 205 Å². The van der Waals surface area contributed by atoms with E-state index in [1.54, 1.807) is 0 Å². The molecular weight excluding hydrogens is 503 g/mol. The molecule has 1 aromatic rings. The van der Waals surface area contributed by atoms with Crippen molar-refractivity contribution in [1.82, 2.24) is 10.6 Å². The number of aliphatic imine (C=N–C) groups is 1. The van der Waals surface area contributed by atoms with Crippen LogP contribution in [0.2, 0.25) is 0 Å². The molecule has 0 amide bonds. The number of nitrogens with one attached hydrogen (secondary N) is 2. The topological polar surface area (TPSA) is 58.1 Å². The van der Waals surface area contributed by atoms with Crippen LogP contribution in [-0.2, 0) is 16.0 Å². The SMILES string of the molecule is CCNC(=NCc1ccc(N2CCOCC2)cc1)NCC1(CCOCC)CCCC1.I. The van der Waals surface area contributed by atoms with E-state index in [0.29, 0.717) is 12.0 Å². The minimum absolute atomic E-state index is 0. The Morgan fingerprint density at radius 1 is 1.10 bits per heavy atom. The summed E-state index contributed by atoms with van der Waals surface area (Å²) in [7, 11) is 0. The van der Waals surface area contributed by atoms with Crippen LogP contribution in [0.1, 0.15) is 51.5 Å². The van der Waals surface area contributed by atoms with Crippen LogP contribution >= 0.6 is 24.0 Å². The van der Waals surface area contributed by atoms with Gasteiger partial charge in [-0.25, -0.2) is 4.99 Å². The van der Waals surface area contributed by atoms with Gasteiger partial charge in [0.2, 0.25) is 0 Å². The van der Waals surface area contributed by atoms with Gasteiger partial charge in [0.1, 0.15) is 0 Å². The predicted octanol–water partition coefficient (Wildman–Crippen LogP) is 4.18. The second kappa shape index (κ2) is 14.2. The van der Waals surface area contributed by atoms with E-state index >= 15 is 0 Å². The van der Waals surface area contributed by atoms with Gasteiger partial charge in [-0.3, -0.25) is 0 Å². The third-order valence-corrected chi connectivity index (χ3v) is 6.35. The average Bonchev–Trinajstić information content (AvgIpc) is 3.26. The van der Waals surface area contributed by atoms with Crippen molar-refractivity contribution in [2.24, 2.45) is 10.4 Å². The van der Waals surface area contributed by atoms with E-state index in [2.05, 4.69) is 53.6 Å². The first-order chi connectivity index (χ1) is 14.7. The maximum atomic E-state index is 5.65. The smallest absolute Gasteiger partial charge is 0.191 e. The molecule has 2 N–H and O–H groups in total. The van der Waals surface area contributed by atoms with Crippen molar-refractivity contribution in [3.05, 3.63) is 29.8 Å². The molecule has 2 aliphatic rings. The molecule has 1 aromatic carbocycles. The third-order valence-electron chi connectivity index (χ3n) is 6.35. The summed E-state index contributed by atoms with van der Waals surface area (Å²) in [4.78, 5) is 7.22. The van der Waals surface area contributed by atoms with Gasteiger partial charge in [0.05, 0.1) is 19.8 Å². The van der Waals surface area contributed by atoms with Crippen LogP contribution in [0.25, 0.3) is 0 Å². The molecule has 1 heterocycles. The van der Waals surface area contributed by atoms with Crippen molar-refractivity contribution in [3.8, 4) is 0 Å². The zero-order valence-corrected chi connectivity index (χ0v) is 21.7. The maximum absolute atomic E-state index is 5.65. The minimum Gasteiger partial charge on any atom is -0.382 e. The highest BCUT2D eigenvalue weighted by Crippen LogP contribution is 2.40. The molecule has 0 bridgehead atoms. The number of nitrogens with zero attached hydrogens (tertiary/aromatic N) is 2. The van der Waals surface area contributed by atoms with E-state index in [9.17, 15) is 0 Å². The van der Waals surface area contributed by atoms with E-state index in [1.165, 1.54) is 36.9 Å². The Bertz CT molecular complexity index is 641. The van der Waals surface area contributed by atoms with E-state index < -0.39 is 0 Å². The summed E-state index contributed by atoms with van der Waals surface area (Å²) < 4.78 is 11.1. The summed E-state index contributed by atoms with van der Waals surface area (Å²) in [6, 6.07) is 8.80. The van der Waals surface area contributed by atoms with Gasteiger partial charge in [0, 0.05) is 45.1 Å². The number of halogens is 1. The number of benzene rings is 1. The summed E-state index contributed by atoms with van der Waals surface area (Å²) in [5, 5.41) is 7.03.